The Morgan fingerprint density at radius 3 is 2.20 bits per heavy atom. The monoisotopic (exact) mass is 263 g/mol. The maximum atomic E-state index is 5.65. The highest BCUT2D eigenvalue weighted by Crippen LogP contribution is 2.34. The summed E-state index contributed by atoms with van der Waals surface area (Å²) in [5.41, 5.74) is 9.20. The van der Waals surface area contributed by atoms with Crippen LogP contribution in [0.2, 0.25) is 0 Å². The van der Waals surface area contributed by atoms with Crippen LogP contribution in [0.15, 0.2) is 60.7 Å². The van der Waals surface area contributed by atoms with Crippen molar-refractivity contribution in [1.29, 1.82) is 0 Å². The molecule has 0 aliphatic carbocycles. The predicted molar refractivity (Wildman–Crippen MR) is 83.8 cm³/mol. The molecule has 2 nitrogen and oxygen atoms in total. The number of hydrogen-bond acceptors (Lipinski definition) is 2. The minimum atomic E-state index is 0.573. The summed E-state index contributed by atoms with van der Waals surface area (Å²) in [4.78, 5) is 0. The number of rotatable bonds is 3. The van der Waals surface area contributed by atoms with E-state index in [1.54, 1.807) is 7.11 Å². The minimum Gasteiger partial charge on any atom is -0.496 e. The molecular weight excluding hydrogens is 246 g/mol. The highest BCUT2D eigenvalue weighted by atomic mass is 16.5. The van der Waals surface area contributed by atoms with Crippen molar-refractivity contribution in [3.8, 4) is 16.9 Å². The third-order valence-corrected chi connectivity index (χ3v) is 3.60. The summed E-state index contributed by atoms with van der Waals surface area (Å²) in [5, 5.41) is 2.34. The molecule has 0 radical (unpaired) electrons. The third kappa shape index (κ3) is 2.15. The van der Waals surface area contributed by atoms with Crippen LogP contribution in [0.4, 0.5) is 0 Å². The Bertz CT molecular complexity index is 732. The van der Waals surface area contributed by atoms with Crippen molar-refractivity contribution < 1.29 is 4.74 Å². The highest BCUT2D eigenvalue weighted by molar-refractivity contribution is 6.00. The first kappa shape index (κ1) is 12.7. The molecular formula is C18H17NO. The summed E-state index contributed by atoms with van der Waals surface area (Å²) >= 11 is 0. The zero-order chi connectivity index (χ0) is 13.9. The molecule has 0 heterocycles. The smallest absolute Gasteiger partial charge is 0.126 e. The number of benzene rings is 3. The molecule has 0 saturated carbocycles. The van der Waals surface area contributed by atoms with Crippen molar-refractivity contribution >= 4 is 10.8 Å². The van der Waals surface area contributed by atoms with Crippen LogP contribution in [-0.2, 0) is 6.54 Å². The summed E-state index contributed by atoms with van der Waals surface area (Å²) < 4.78 is 5.44. The van der Waals surface area contributed by atoms with Gasteiger partial charge in [-0.3, -0.25) is 0 Å². The second-order valence-corrected chi connectivity index (χ2v) is 4.76. The van der Waals surface area contributed by atoms with E-state index in [4.69, 9.17) is 10.5 Å². The summed E-state index contributed by atoms with van der Waals surface area (Å²) in [6.07, 6.45) is 0. The molecule has 100 valence electrons. The van der Waals surface area contributed by atoms with Crippen LogP contribution in [0.3, 0.4) is 0 Å². The molecule has 0 fully saturated rings. The van der Waals surface area contributed by atoms with Crippen molar-refractivity contribution in [3.05, 3.63) is 66.2 Å². The first-order chi connectivity index (χ1) is 9.83. The SMILES string of the molecule is COc1ccc(-c2ccc(CN)cc2)c2ccccc12. The van der Waals surface area contributed by atoms with Gasteiger partial charge < -0.3 is 10.5 Å². The predicted octanol–water partition coefficient (Wildman–Crippen LogP) is 3.97. The quantitative estimate of drug-likeness (QED) is 0.776. The van der Waals surface area contributed by atoms with E-state index in [1.807, 2.05) is 12.1 Å². The van der Waals surface area contributed by atoms with E-state index in [2.05, 4.69) is 48.5 Å². The van der Waals surface area contributed by atoms with Gasteiger partial charge in [0.05, 0.1) is 7.11 Å². The number of ether oxygens (including phenoxy) is 1. The zero-order valence-corrected chi connectivity index (χ0v) is 11.5. The lowest BCUT2D eigenvalue weighted by Crippen LogP contribution is -1.95. The van der Waals surface area contributed by atoms with Gasteiger partial charge in [0, 0.05) is 11.9 Å². The Hall–Kier alpha value is -2.32. The number of fused-ring (bicyclic) bond motifs is 1. The second-order valence-electron chi connectivity index (χ2n) is 4.76. The number of hydrogen-bond donors (Lipinski definition) is 1. The third-order valence-electron chi connectivity index (χ3n) is 3.60. The Morgan fingerprint density at radius 2 is 1.55 bits per heavy atom. The fourth-order valence-electron chi connectivity index (χ4n) is 2.52. The lowest BCUT2D eigenvalue weighted by atomic mass is 9.97. The van der Waals surface area contributed by atoms with Gasteiger partial charge in [-0.2, -0.15) is 0 Å². The molecule has 3 aromatic rings. The zero-order valence-electron chi connectivity index (χ0n) is 11.5. The molecule has 0 bridgehead atoms. The van der Waals surface area contributed by atoms with Gasteiger partial charge in [0.1, 0.15) is 5.75 Å². The topological polar surface area (TPSA) is 35.2 Å². The summed E-state index contributed by atoms with van der Waals surface area (Å²) in [6, 6.07) is 20.8. The molecule has 0 atom stereocenters. The molecule has 0 spiro atoms. The molecule has 2 N–H and O–H groups in total. The molecule has 2 heteroatoms. The van der Waals surface area contributed by atoms with E-state index < -0.39 is 0 Å². The van der Waals surface area contributed by atoms with Gasteiger partial charge in [-0.25, -0.2) is 0 Å². The normalized spacial score (nSPS) is 10.7. The van der Waals surface area contributed by atoms with Crippen molar-refractivity contribution in [3.63, 3.8) is 0 Å². The maximum Gasteiger partial charge on any atom is 0.126 e. The Labute approximate surface area is 118 Å². The molecule has 0 aromatic heterocycles. The van der Waals surface area contributed by atoms with Gasteiger partial charge in [0.15, 0.2) is 0 Å². The van der Waals surface area contributed by atoms with Gasteiger partial charge >= 0.3 is 0 Å². The Balaban J connectivity index is 2.20. The van der Waals surface area contributed by atoms with Gasteiger partial charge in [-0.1, -0.05) is 54.6 Å². The molecule has 0 aliphatic rings. The molecule has 3 aromatic carbocycles. The Morgan fingerprint density at radius 1 is 0.850 bits per heavy atom. The van der Waals surface area contributed by atoms with Crippen molar-refractivity contribution in [1.82, 2.24) is 0 Å². The van der Waals surface area contributed by atoms with Crippen molar-refractivity contribution in [2.24, 2.45) is 5.73 Å². The van der Waals surface area contributed by atoms with Gasteiger partial charge in [0.25, 0.3) is 0 Å². The number of methoxy groups -OCH3 is 1. The van der Waals surface area contributed by atoms with E-state index in [-0.39, 0.29) is 0 Å². The van der Waals surface area contributed by atoms with E-state index >= 15 is 0 Å². The molecule has 0 unspecified atom stereocenters. The van der Waals surface area contributed by atoms with Crippen LogP contribution in [0.5, 0.6) is 5.75 Å². The fraction of sp³-hybridized carbons (Fsp3) is 0.111. The van der Waals surface area contributed by atoms with Crippen LogP contribution < -0.4 is 10.5 Å². The average molecular weight is 263 g/mol. The van der Waals surface area contributed by atoms with Crippen molar-refractivity contribution in [2.75, 3.05) is 7.11 Å². The lowest BCUT2D eigenvalue weighted by molar-refractivity contribution is 0.420. The maximum absolute atomic E-state index is 5.65. The average Bonchev–Trinajstić information content (AvgIpc) is 2.54. The molecule has 20 heavy (non-hydrogen) atoms. The van der Waals surface area contributed by atoms with Crippen LogP contribution in [0.25, 0.3) is 21.9 Å². The summed E-state index contributed by atoms with van der Waals surface area (Å²) in [7, 11) is 1.71. The highest BCUT2D eigenvalue weighted by Gasteiger charge is 2.07. The summed E-state index contributed by atoms with van der Waals surface area (Å²) in [6.45, 7) is 0.573. The standard InChI is InChI=1S/C18H17NO/c1-20-18-11-10-15(16-4-2-3-5-17(16)18)14-8-6-13(12-19)7-9-14/h2-11H,12,19H2,1H3. The second kappa shape index (κ2) is 5.35. The van der Waals surface area contributed by atoms with Gasteiger partial charge in [-0.15, -0.1) is 0 Å². The molecule has 0 aliphatic heterocycles. The number of nitrogens with two attached hydrogens (primary N) is 1. The molecule has 0 amide bonds. The summed E-state index contributed by atoms with van der Waals surface area (Å²) in [5.74, 6) is 0.905. The fourth-order valence-corrected chi connectivity index (χ4v) is 2.52. The van der Waals surface area contributed by atoms with E-state index in [0.29, 0.717) is 6.54 Å². The van der Waals surface area contributed by atoms with Crippen LogP contribution in [0.1, 0.15) is 5.56 Å². The van der Waals surface area contributed by atoms with E-state index in [9.17, 15) is 0 Å². The van der Waals surface area contributed by atoms with E-state index in [1.165, 1.54) is 16.5 Å². The first-order valence-electron chi connectivity index (χ1n) is 6.68. The molecule has 0 saturated heterocycles. The van der Waals surface area contributed by atoms with Crippen LogP contribution in [-0.4, -0.2) is 7.11 Å². The minimum absolute atomic E-state index is 0.573. The largest absolute Gasteiger partial charge is 0.496 e. The van der Waals surface area contributed by atoms with Crippen LogP contribution in [0, 0.1) is 0 Å². The molecule has 3 rings (SSSR count). The van der Waals surface area contributed by atoms with Crippen molar-refractivity contribution in [2.45, 2.75) is 6.54 Å². The lowest BCUT2D eigenvalue weighted by Gasteiger charge is -2.11. The first-order valence-corrected chi connectivity index (χ1v) is 6.68. The Kier molecular flexibility index (Phi) is 3.40. The van der Waals surface area contributed by atoms with E-state index in [0.717, 1.165) is 16.7 Å². The van der Waals surface area contributed by atoms with Gasteiger partial charge in [-0.05, 0) is 28.1 Å². The van der Waals surface area contributed by atoms with Gasteiger partial charge in [0.2, 0.25) is 0 Å². The van der Waals surface area contributed by atoms with Crippen LogP contribution >= 0.6 is 0 Å².